The van der Waals surface area contributed by atoms with Gasteiger partial charge in [0.2, 0.25) is 0 Å². The van der Waals surface area contributed by atoms with Crippen molar-refractivity contribution in [2.24, 2.45) is 0 Å². The van der Waals surface area contributed by atoms with Crippen LogP contribution in [0.2, 0.25) is 0 Å². The molecular weight excluding hydrogens is 348 g/mol. The zero-order valence-corrected chi connectivity index (χ0v) is 15.6. The fourth-order valence-corrected chi connectivity index (χ4v) is 2.63. The van der Waals surface area contributed by atoms with Gasteiger partial charge in [-0.25, -0.2) is 4.79 Å². The van der Waals surface area contributed by atoms with Gasteiger partial charge in [0.05, 0.1) is 29.3 Å². The Bertz CT molecular complexity index is 1010. The van der Waals surface area contributed by atoms with Gasteiger partial charge in [-0.15, -0.1) is 0 Å². The molecule has 140 valence electrons. The number of ether oxygens (including phenoxy) is 2. The van der Waals surface area contributed by atoms with Crippen molar-refractivity contribution in [2.45, 2.75) is 13.8 Å². The molecule has 0 fully saturated rings. The highest BCUT2D eigenvalue weighted by molar-refractivity contribution is 5.97. The van der Waals surface area contributed by atoms with Gasteiger partial charge in [-0.3, -0.25) is 9.78 Å². The van der Waals surface area contributed by atoms with Gasteiger partial charge in [-0.1, -0.05) is 0 Å². The summed E-state index contributed by atoms with van der Waals surface area (Å²) in [7, 11) is 3.33. The molecule has 3 rings (SSSR count). The fourth-order valence-electron chi connectivity index (χ4n) is 2.63. The highest BCUT2D eigenvalue weighted by Gasteiger charge is 2.17. The molecule has 0 N–H and O–H groups in total. The Labute approximate surface area is 156 Å². The summed E-state index contributed by atoms with van der Waals surface area (Å²) in [5.74, 6) is 0.837. The van der Waals surface area contributed by atoms with Crippen molar-refractivity contribution in [3.63, 3.8) is 0 Å². The van der Waals surface area contributed by atoms with E-state index >= 15 is 0 Å². The molecule has 1 aromatic carbocycles. The summed E-state index contributed by atoms with van der Waals surface area (Å²) in [5.41, 5.74) is 1.24. The van der Waals surface area contributed by atoms with Crippen LogP contribution in [0.5, 0.6) is 11.5 Å². The van der Waals surface area contributed by atoms with Crippen LogP contribution in [0.4, 0.5) is 0 Å². The Hall–Kier alpha value is -3.35. The SMILES string of the molecule is CCOC(=O)c1cc(Oc2cncc(C(=O)N(C)C)c2)c2cc(C)oc2c1. The maximum Gasteiger partial charge on any atom is 0.338 e. The molecule has 0 spiro atoms. The van der Waals surface area contributed by atoms with Crippen molar-refractivity contribution in [1.82, 2.24) is 9.88 Å². The topological polar surface area (TPSA) is 81.9 Å². The van der Waals surface area contributed by atoms with Crippen molar-refractivity contribution in [2.75, 3.05) is 20.7 Å². The molecule has 27 heavy (non-hydrogen) atoms. The van der Waals surface area contributed by atoms with Crippen molar-refractivity contribution >= 4 is 22.8 Å². The van der Waals surface area contributed by atoms with Gasteiger partial charge in [0, 0.05) is 20.3 Å². The predicted octanol–water partition coefficient (Wildman–Crippen LogP) is 3.81. The third-order valence-electron chi connectivity index (χ3n) is 3.83. The third-order valence-corrected chi connectivity index (χ3v) is 3.83. The molecule has 7 heteroatoms. The van der Waals surface area contributed by atoms with Crippen LogP contribution in [0.1, 0.15) is 33.4 Å². The summed E-state index contributed by atoms with van der Waals surface area (Å²) >= 11 is 0. The normalized spacial score (nSPS) is 10.7. The molecule has 0 aliphatic heterocycles. The van der Waals surface area contributed by atoms with Crippen molar-refractivity contribution in [1.29, 1.82) is 0 Å². The summed E-state index contributed by atoms with van der Waals surface area (Å²) in [6.45, 7) is 3.82. The molecule has 0 atom stereocenters. The molecule has 0 aliphatic rings. The lowest BCUT2D eigenvalue weighted by atomic mass is 10.1. The van der Waals surface area contributed by atoms with Crippen LogP contribution in [0.15, 0.2) is 41.1 Å². The maximum absolute atomic E-state index is 12.1. The highest BCUT2D eigenvalue weighted by atomic mass is 16.5. The van der Waals surface area contributed by atoms with E-state index < -0.39 is 5.97 Å². The lowest BCUT2D eigenvalue weighted by molar-refractivity contribution is 0.0526. The van der Waals surface area contributed by atoms with Crippen LogP contribution in [-0.2, 0) is 4.74 Å². The van der Waals surface area contributed by atoms with Gasteiger partial charge >= 0.3 is 5.97 Å². The van der Waals surface area contributed by atoms with Gasteiger partial charge in [-0.05, 0) is 38.1 Å². The van der Waals surface area contributed by atoms with Crippen LogP contribution in [0, 0.1) is 6.92 Å². The number of hydrogen-bond donors (Lipinski definition) is 0. The standard InChI is InChI=1S/C20H20N2O5/c1-5-25-20(24)13-8-17-16(6-12(2)26-17)18(9-13)27-15-7-14(10-21-11-15)19(23)22(3)4/h6-11H,5H2,1-4H3. The first-order valence-corrected chi connectivity index (χ1v) is 8.45. The van der Waals surface area contributed by atoms with Gasteiger partial charge in [0.1, 0.15) is 22.8 Å². The molecule has 7 nitrogen and oxygen atoms in total. The van der Waals surface area contributed by atoms with E-state index in [1.807, 2.05) is 13.0 Å². The lowest BCUT2D eigenvalue weighted by Crippen LogP contribution is -2.21. The van der Waals surface area contributed by atoms with Crippen LogP contribution >= 0.6 is 0 Å². The van der Waals surface area contributed by atoms with Crippen LogP contribution in [0.25, 0.3) is 11.0 Å². The molecule has 0 unspecified atom stereocenters. The number of nitrogens with zero attached hydrogens (tertiary/aromatic N) is 2. The average Bonchev–Trinajstić information content (AvgIpc) is 3.02. The minimum Gasteiger partial charge on any atom is -0.462 e. The van der Waals surface area contributed by atoms with Crippen molar-refractivity contribution < 1.29 is 23.5 Å². The Morgan fingerprint density at radius 2 is 1.89 bits per heavy atom. The van der Waals surface area contributed by atoms with E-state index in [-0.39, 0.29) is 12.5 Å². The summed E-state index contributed by atoms with van der Waals surface area (Å²) in [6, 6.07) is 6.64. The zero-order chi connectivity index (χ0) is 19.6. The van der Waals surface area contributed by atoms with E-state index in [9.17, 15) is 9.59 Å². The maximum atomic E-state index is 12.1. The van der Waals surface area contributed by atoms with E-state index in [2.05, 4.69) is 4.98 Å². The molecule has 3 aromatic rings. The Morgan fingerprint density at radius 1 is 1.11 bits per heavy atom. The summed E-state index contributed by atoms with van der Waals surface area (Å²) in [4.78, 5) is 29.8. The number of rotatable bonds is 5. The largest absolute Gasteiger partial charge is 0.462 e. The summed E-state index contributed by atoms with van der Waals surface area (Å²) < 4.78 is 16.7. The second-order valence-electron chi connectivity index (χ2n) is 6.17. The average molecular weight is 368 g/mol. The molecule has 0 saturated heterocycles. The molecule has 1 amide bonds. The van der Waals surface area contributed by atoms with Crippen molar-refractivity contribution in [3.8, 4) is 11.5 Å². The lowest BCUT2D eigenvalue weighted by Gasteiger charge is -2.12. The van der Waals surface area contributed by atoms with Crippen LogP contribution in [-0.4, -0.2) is 42.5 Å². The number of carbonyl (C=O) groups is 2. The molecule has 0 bridgehead atoms. The molecule has 0 saturated carbocycles. The quantitative estimate of drug-likeness (QED) is 0.637. The van der Waals surface area contributed by atoms with E-state index in [1.165, 1.54) is 17.3 Å². The first kappa shape index (κ1) is 18.4. The number of benzene rings is 1. The highest BCUT2D eigenvalue weighted by Crippen LogP contribution is 2.34. The summed E-state index contributed by atoms with van der Waals surface area (Å²) in [6.07, 6.45) is 2.98. The first-order chi connectivity index (χ1) is 12.9. The van der Waals surface area contributed by atoms with E-state index in [4.69, 9.17) is 13.9 Å². The van der Waals surface area contributed by atoms with Gasteiger partial charge < -0.3 is 18.8 Å². The smallest absolute Gasteiger partial charge is 0.338 e. The third kappa shape index (κ3) is 3.92. The van der Waals surface area contributed by atoms with E-state index in [0.717, 1.165) is 0 Å². The number of furan rings is 1. The number of carbonyl (C=O) groups excluding carboxylic acids is 2. The molecular formula is C20H20N2O5. The number of aryl methyl sites for hydroxylation is 1. The molecule has 0 radical (unpaired) electrons. The van der Waals surface area contributed by atoms with E-state index in [1.54, 1.807) is 39.2 Å². The van der Waals surface area contributed by atoms with Crippen LogP contribution in [0.3, 0.4) is 0 Å². The molecule has 2 aromatic heterocycles. The Morgan fingerprint density at radius 3 is 2.59 bits per heavy atom. The monoisotopic (exact) mass is 368 g/mol. The van der Waals surface area contributed by atoms with Gasteiger partial charge in [0.15, 0.2) is 0 Å². The van der Waals surface area contributed by atoms with Crippen molar-refractivity contribution in [3.05, 3.63) is 53.5 Å². The zero-order valence-electron chi connectivity index (χ0n) is 15.6. The minimum absolute atomic E-state index is 0.183. The van der Waals surface area contributed by atoms with Gasteiger partial charge in [0.25, 0.3) is 5.91 Å². The number of aromatic nitrogens is 1. The molecule has 0 aliphatic carbocycles. The Kier molecular flexibility index (Phi) is 5.12. The predicted molar refractivity (Wildman–Crippen MR) is 99.2 cm³/mol. The summed E-state index contributed by atoms with van der Waals surface area (Å²) in [5, 5.41) is 0.713. The number of hydrogen-bond acceptors (Lipinski definition) is 6. The van der Waals surface area contributed by atoms with Gasteiger partial charge in [-0.2, -0.15) is 0 Å². The second kappa shape index (κ2) is 7.49. The minimum atomic E-state index is -0.465. The first-order valence-electron chi connectivity index (χ1n) is 8.45. The van der Waals surface area contributed by atoms with E-state index in [0.29, 0.717) is 39.4 Å². The number of amides is 1. The second-order valence-corrected chi connectivity index (χ2v) is 6.17. The number of esters is 1. The van der Waals surface area contributed by atoms with Crippen LogP contribution < -0.4 is 4.74 Å². The number of pyridine rings is 1. The Balaban J connectivity index is 2.02. The number of fused-ring (bicyclic) bond motifs is 1. The molecule has 2 heterocycles. The fraction of sp³-hybridized carbons (Fsp3) is 0.250.